The summed E-state index contributed by atoms with van der Waals surface area (Å²) in [4.78, 5) is 23.1. The number of fused-ring (bicyclic) bond motifs is 1. The van der Waals surface area contributed by atoms with Crippen molar-refractivity contribution in [3.8, 4) is 0 Å². The Labute approximate surface area is 103 Å². The summed E-state index contributed by atoms with van der Waals surface area (Å²) in [5, 5.41) is 2.49. The van der Waals surface area contributed by atoms with Crippen molar-refractivity contribution in [2.75, 3.05) is 0 Å². The maximum Gasteiger partial charge on any atom is 0.229 e. The van der Waals surface area contributed by atoms with Gasteiger partial charge >= 0.3 is 0 Å². The largest absolute Gasteiger partial charge is 0.296 e. The van der Waals surface area contributed by atoms with Gasteiger partial charge in [-0.15, -0.1) is 0 Å². The molecule has 3 unspecified atom stereocenters. The topological polar surface area (TPSA) is 46.2 Å². The number of hydrogen-bond acceptors (Lipinski definition) is 2. The molecule has 0 aromatic rings. The highest BCUT2D eigenvalue weighted by Crippen LogP contribution is 2.50. The second kappa shape index (κ2) is 5.19. The summed E-state index contributed by atoms with van der Waals surface area (Å²) in [6.07, 6.45) is 6.70. The predicted molar refractivity (Wildman–Crippen MR) is 66.2 cm³/mol. The fourth-order valence-electron chi connectivity index (χ4n) is 3.07. The molecule has 2 aliphatic carbocycles. The number of rotatable bonds is 3. The molecular formula is C14H23NO2. The Morgan fingerprint density at radius 3 is 2.29 bits per heavy atom. The monoisotopic (exact) mass is 237 g/mol. The van der Waals surface area contributed by atoms with Gasteiger partial charge in [0.1, 0.15) is 0 Å². The molecule has 0 spiro atoms. The molecule has 3 heteroatoms. The molecule has 0 saturated heterocycles. The third-order valence-corrected chi connectivity index (χ3v) is 4.59. The number of nitrogens with one attached hydrogen (secondary N) is 1. The molecule has 0 bridgehead atoms. The van der Waals surface area contributed by atoms with Crippen molar-refractivity contribution in [3.05, 3.63) is 0 Å². The molecule has 0 radical (unpaired) electrons. The summed E-state index contributed by atoms with van der Waals surface area (Å²) in [5.41, 5.74) is 0. The Balaban J connectivity index is 1.83. The average molecular weight is 237 g/mol. The first-order valence-electron chi connectivity index (χ1n) is 6.95. The summed E-state index contributed by atoms with van der Waals surface area (Å²) < 4.78 is 0. The first kappa shape index (κ1) is 12.6. The van der Waals surface area contributed by atoms with E-state index >= 15 is 0 Å². The molecule has 0 heterocycles. The van der Waals surface area contributed by atoms with Gasteiger partial charge in [0.05, 0.1) is 0 Å². The third-order valence-electron chi connectivity index (χ3n) is 4.59. The lowest BCUT2D eigenvalue weighted by molar-refractivity contribution is -0.133. The maximum absolute atomic E-state index is 11.9. The van der Waals surface area contributed by atoms with Crippen LogP contribution in [-0.2, 0) is 9.59 Å². The van der Waals surface area contributed by atoms with Crippen LogP contribution in [0.15, 0.2) is 0 Å². The van der Waals surface area contributed by atoms with Gasteiger partial charge in [0.2, 0.25) is 11.8 Å². The fourth-order valence-corrected chi connectivity index (χ4v) is 3.07. The molecule has 1 N–H and O–H groups in total. The van der Waals surface area contributed by atoms with E-state index in [1.807, 2.05) is 6.92 Å². The summed E-state index contributed by atoms with van der Waals surface area (Å²) in [6.45, 7) is 3.74. The molecule has 17 heavy (non-hydrogen) atoms. The molecule has 3 nitrogen and oxygen atoms in total. The quantitative estimate of drug-likeness (QED) is 0.819. The van der Waals surface area contributed by atoms with E-state index in [0.29, 0.717) is 12.3 Å². The lowest BCUT2D eigenvalue weighted by atomic mass is 9.86. The number of imide groups is 1. The van der Waals surface area contributed by atoms with Gasteiger partial charge in [-0.05, 0) is 49.9 Å². The molecule has 2 amide bonds. The van der Waals surface area contributed by atoms with Gasteiger partial charge in [0.25, 0.3) is 0 Å². The highest BCUT2D eigenvalue weighted by Gasteiger charge is 2.40. The van der Waals surface area contributed by atoms with Gasteiger partial charge in [-0.25, -0.2) is 0 Å². The zero-order valence-corrected chi connectivity index (χ0v) is 10.9. The molecule has 0 aliphatic heterocycles. The van der Waals surface area contributed by atoms with E-state index in [1.54, 1.807) is 6.92 Å². The van der Waals surface area contributed by atoms with Crippen LogP contribution in [0.3, 0.4) is 0 Å². The number of hydrogen-bond donors (Lipinski definition) is 1. The van der Waals surface area contributed by atoms with Crippen LogP contribution in [-0.4, -0.2) is 11.8 Å². The van der Waals surface area contributed by atoms with E-state index in [-0.39, 0.29) is 17.7 Å². The molecular weight excluding hydrogens is 214 g/mol. The minimum Gasteiger partial charge on any atom is -0.296 e. The molecule has 2 aliphatic rings. The lowest BCUT2D eigenvalue weighted by Gasteiger charge is -2.21. The number of carbonyl (C=O) groups excluding carboxylic acids is 2. The van der Waals surface area contributed by atoms with Gasteiger partial charge < -0.3 is 0 Å². The van der Waals surface area contributed by atoms with Gasteiger partial charge in [0.15, 0.2) is 0 Å². The summed E-state index contributed by atoms with van der Waals surface area (Å²) in [6, 6.07) is 0. The zero-order valence-electron chi connectivity index (χ0n) is 10.9. The van der Waals surface area contributed by atoms with Crippen LogP contribution >= 0.6 is 0 Å². The summed E-state index contributed by atoms with van der Waals surface area (Å²) >= 11 is 0. The van der Waals surface area contributed by atoms with E-state index in [4.69, 9.17) is 0 Å². The Hall–Kier alpha value is -0.860. The standard InChI is InChI=1S/C14H23NO2/c1-3-13(16)15-14(17)9(2)10-4-6-11-8-12(11)7-5-10/h9-12H,3-8H2,1-2H3,(H,15,16,17). The van der Waals surface area contributed by atoms with Crippen LogP contribution in [0.2, 0.25) is 0 Å². The predicted octanol–water partition coefficient (Wildman–Crippen LogP) is 2.50. The second-order valence-electron chi connectivity index (χ2n) is 5.73. The molecule has 2 fully saturated rings. The summed E-state index contributed by atoms with van der Waals surface area (Å²) in [7, 11) is 0. The molecule has 96 valence electrons. The van der Waals surface area contributed by atoms with Crippen molar-refractivity contribution in [1.82, 2.24) is 5.32 Å². The van der Waals surface area contributed by atoms with E-state index in [2.05, 4.69) is 5.32 Å². The van der Waals surface area contributed by atoms with Gasteiger partial charge in [-0.3, -0.25) is 14.9 Å². The van der Waals surface area contributed by atoms with E-state index in [1.165, 1.54) is 19.3 Å². The van der Waals surface area contributed by atoms with Crippen molar-refractivity contribution in [2.45, 2.75) is 52.4 Å². The van der Waals surface area contributed by atoms with Crippen LogP contribution in [0.4, 0.5) is 0 Å². The van der Waals surface area contributed by atoms with Crippen molar-refractivity contribution in [2.24, 2.45) is 23.7 Å². The van der Waals surface area contributed by atoms with Gasteiger partial charge in [-0.1, -0.05) is 13.8 Å². The minimum absolute atomic E-state index is 0.0111. The van der Waals surface area contributed by atoms with E-state index in [0.717, 1.165) is 24.7 Å². The SMILES string of the molecule is CCC(=O)NC(=O)C(C)C1CCC2CC2CC1. The smallest absolute Gasteiger partial charge is 0.229 e. The van der Waals surface area contributed by atoms with Gasteiger partial charge in [0, 0.05) is 12.3 Å². The Morgan fingerprint density at radius 2 is 1.76 bits per heavy atom. The van der Waals surface area contributed by atoms with Crippen LogP contribution in [0.1, 0.15) is 52.4 Å². The molecule has 2 saturated carbocycles. The Bertz CT molecular complexity index is 301. The molecule has 0 aromatic carbocycles. The lowest BCUT2D eigenvalue weighted by Crippen LogP contribution is -2.37. The second-order valence-corrected chi connectivity index (χ2v) is 5.73. The van der Waals surface area contributed by atoms with Crippen molar-refractivity contribution in [1.29, 1.82) is 0 Å². The van der Waals surface area contributed by atoms with Crippen molar-refractivity contribution >= 4 is 11.8 Å². The fraction of sp³-hybridized carbons (Fsp3) is 0.857. The Kier molecular flexibility index (Phi) is 3.85. The molecule has 3 atom stereocenters. The highest BCUT2D eigenvalue weighted by molar-refractivity contribution is 5.96. The molecule has 2 rings (SSSR count). The average Bonchev–Trinajstić information content (AvgIpc) is 3.06. The number of amides is 2. The first-order valence-corrected chi connectivity index (χ1v) is 6.95. The Morgan fingerprint density at radius 1 is 1.18 bits per heavy atom. The molecule has 0 aromatic heterocycles. The van der Waals surface area contributed by atoms with E-state index in [9.17, 15) is 9.59 Å². The first-order chi connectivity index (χ1) is 8.11. The summed E-state index contributed by atoms with van der Waals surface area (Å²) in [5.74, 6) is 2.14. The number of carbonyl (C=O) groups is 2. The van der Waals surface area contributed by atoms with Crippen LogP contribution in [0.25, 0.3) is 0 Å². The minimum atomic E-state index is -0.154. The zero-order chi connectivity index (χ0) is 12.4. The van der Waals surface area contributed by atoms with Gasteiger partial charge in [-0.2, -0.15) is 0 Å². The van der Waals surface area contributed by atoms with E-state index < -0.39 is 0 Å². The van der Waals surface area contributed by atoms with Crippen LogP contribution in [0, 0.1) is 23.7 Å². The third kappa shape index (κ3) is 3.08. The maximum atomic E-state index is 11.9. The van der Waals surface area contributed by atoms with Crippen LogP contribution in [0.5, 0.6) is 0 Å². The van der Waals surface area contributed by atoms with Crippen molar-refractivity contribution < 1.29 is 9.59 Å². The normalized spacial score (nSPS) is 33.2. The highest BCUT2D eigenvalue weighted by atomic mass is 16.2. The van der Waals surface area contributed by atoms with Crippen molar-refractivity contribution in [3.63, 3.8) is 0 Å². The van der Waals surface area contributed by atoms with Crippen LogP contribution < -0.4 is 5.32 Å².